The third kappa shape index (κ3) is 4.68. The van der Waals surface area contributed by atoms with Crippen molar-refractivity contribution in [2.45, 2.75) is 39.7 Å². The standard InChI is InChI=1S/C18H23N3O3/c1-4-5-6-14-10-18(23)21(12-19-14)11-17(22)20-15-9-13(2)7-8-16(15)24-3/h7-10,12H,4-6,11H2,1-3H3,(H,20,22). The third-order valence-electron chi connectivity index (χ3n) is 3.67. The molecule has 0 spiro atoms. The maximum atomic E-state index is 12.2. The van der Waals surface area contributed by atoms with Crippen molar-refractivity contribution < 1.29 is 9.53 Å². The first-order chi connectivity index (χ1) is 11.5. The zero-order valence-electron chi connectivity index (χ0n) is 14.3. The van der Waals surface area contributed by atoms with E-state index < -0.39 is 0 Å². The van der Waals surface area contributed by atoms with Gasteiger partial charge in [-0.25, -0.2) is 4.98 Å². The summed E-state index contributed by atoms with van der Waals surface area (Å²) in [5, 5.41) is 2.78. The van der Waals surface area contributed by atoms with Crippen molar-refractivity contribution >= 4 is 11.6 Å². The largest absolute Gasteiger partial charge is 0.495 e. The van der Waals surface area contributed by atoms with Crippen LogP contribution in [0.3, 0.4) is 0 Å². The van der Waals surface area contributed by atoms with E-state index in [-0.39, 0.29) is 18.0 Å². The van der Waals surface area contributed by atoms with Gasteiger partial charge < -0.3 is 10.1 Å². The van der Waals surface area contributed by atoms with E-state index >= 15 is 0 Å². The second-order valence-electron chi connectivity index (χ2n) is 5.70. The Labute approximate surface area is 141 Å². The molecule has 0 aliphatic heterocycles. The summed E-state index contributed by atoms with van der Waals surface area (Å²) in [6.45, 7) is 3.93. The molecular formula is C18H23N3O3. The van der Waals surface area contributed by atoms with E-state index in [1.54, 1.807) is 13.2 Å². The number of nitrogens with one attached hydrogen (secondary N) is 1. The van der Waals surface area contributed by atoms with E-state index in [4.69, 9.17) is 4.74 Å². The van der Waals surface area contributed by atoms with E-state index in [0.29, 0.717) is 11.4 Å². The van der Waals surface area contributed by atoms with Crippen molar-refractivity contribution in [3.63, 3.8) is 0 Å². The number of hydrogen-bond acceptors (Lipinski definition) is 4. The lowest BCUT2D eigenvalue weighted by Gasteiger charge is -2.12. The average molecular weight is 329 g/mol. The first kappa shape index (κ1) is 17.7. The van der Waals surface area contributed by atoms with Crippen molar-refractivity contribution in [2.24, 2.45) is 0 Å². The van der Waals surface area contributed by atoms with Crippen LogP contribution >= 0.6 is 0 Å². The minimum Gasteiger partial charge on any atom is -0.495 e. The second-order valence-corrected chi connectivity index (χ2v) is 5.70. The summed E-state index contributed by atoms with van der Waals surface area (Å²) in [6.07, 6.45) is 4.25. The van der Waals surface area contributed by atoms with Gasteiger partial charge in [-0.3, -0.25) is 14.2 Å². The molecule has 24 heavy (non-hydrogen) atoms. The van der Waals surface area contributed by atoms with Gasteiger partial charge in [-0.1, -0.05) is 19.4 Å². The molecule has 6 heteroatoms. The molecule has 0 saturated heterocycles. The number of carbonyl (C=O) groups excluding carboxylic acids is 1. The monoisotopic (exact) mass is 329 g/mol. The minimum atomic E-state index is -0.302. The molecule has 0 bridgehead atoms. The predicted octanol–water partition coefficient (Wildman–Crippen LogP) is 2.54. The number of amides is 1. The highest BCUT2D eigenvalue weighted by Crippen LogP contribution is 2.25. The van der Waals surface area contributed by atoms with Gasteiger partial charge in [0.25, 0.3) is 5.56 Å². The number of unbranched alkanes of at least 4 members (excludes halogenated alkanes) is 1. The van der Waals surface area contributed by atoms with Gasteiger partial charge in [-0.15, -0.1) is 0 Å². The first-order valence-corrected chi connectivity index (χ1v) is 8.03. The number of benzene rings is 1. The van der Waals surface area contributed by atoms with Crippen molar-refractivity contribution in [2.75, 3.05) is 12.4 Å². The van der Waals surface area contributed by atoms with Crippen LogP contribution in [0.2, 0.25) is 0 Å². The lowest BCUT2D eigenvalue weighted by Crippen LogP contribution is -2.28. The van der Waals surface area contributed by atoms with E-state index in [1.807, 2.05) is 19.1 Å². The van der Waals surface area contributed by atoms with Gasteiger partial charge in [0.05, 0.1) is 19.1 Å². The van der Waals surface area contributed by atoms with Crippen LogP contribution in [0.15, 0.2) is 35.4 Å². The summed E-state index contributed by atoms with van der Waals surface area (Å²) in [5.41, 5.74) is 2.13. The molecule has 1 aromatic carbocycles. The summed E-state index contributed by atoms with van der Waals surface area (Å²) in [5.74, 6) is 0.276. The number of methoxy groups -OCH3 is 1. The summed E-state index contributed by atoms with van der Waals surface area (Å²) in [6, 6.07) is 7.01. The molecule has 1 aromatic heterocycles. The van der Waals surface area contributed by atoms with Gasteiger partial charge in [0.1, 0.15) is 12.3 Å². The Balaban J connectivity index is 2.07. The minimum absolute atomic E-state index is 0.0863. The topological polar surface area (TPSA) is 73.2 Å². The van der Waals surface area contributed by atoms with Crippen LogP contribution in [0.5, 0.6) is 5.75 Å². The molecule has 0 fully saturated rings. The van der Waals surface area contributed by atoms with E-state index in [2.05, 4.69) is 17.2 Å². The smallest absolute Gasteiger partial charge is 0.253 e. The highest BCUT2D eigenvalue weighted by molar-refractivity contribution is 5.92. The number of nitrogens with zero attached hydrogens (tertiary/aromatic N) is 2. The molecule has 2 aromatic rings. The number of carbonyl (C=O) groups is 1. The van der Waals surface area contributed by atoms with Gasteiger partial charge >= 0.3 is 0 Å². The summed E-state index contributed by atoms with van der Waals surface area (Å²) in [7, 11) is 1.55. The van der Waals surface area contributed by atoms with Crippen LogP contribution in [0, 0.1) is 6.92 Å². The van der Waals surface area contributed by atoms with Gasteiger partial charge in [-0.05, 0) is 37.5 Å². The zero-order valence-corrected chi connectivity index (χ0v) is 14.3. The molecule has 0 saturated carbocycles. The van der Waals surface area contributed by atoms with Crippen LogP contribution < -0.4 is 15.6 Å². The zero-order chi connectivity index (χ0) is 17.5. The maximum Gasteiger partial charge on any atom is 0.253 e. The molecule has 128 valence electrons. The lowest BCUT2D eigenvalue weighted by atomic mass is 10.2. The molecule has 6 nitrogen and oxygen atoms in total. The number of aryl methyl sites for hydroxylation is 2. The fourth-order valence-corrected chi connectivity index (χ4v) is 2.34. The number of aromatic nitrogens is 2. The number of ether oxygens (including phenoxy) is 1. The van der Waals surface area contributed by atoms with Crippen molar-refractivity contribution in [1.29, 1.82) is 0 Å². The molecule has 0 aliphatic rings. The maximum absolute atomic E-state index is 12.2. The summed E-state index contributed by atoms with van der Waals surface area (Å²) < 4.78 is 6.53. The highest BCUT2D eigenvalue weighted by atomic mass is 16.5. The predicted molar refractivity (Wildman–Crippen MR) is 93.5 cm³/mol. The average Bonchev–Trinajstić information content (AvgIpc) is 2.55. The van der Waals surface area contributed by atoms with Gasteiger partial charge in [0, 0.05) is 11.8 Å². The second kappa shape index (κ2) is 8.29. The van der Waals surface area contributed by atoms with E-state index in [1.165, 1.54) is 17.0 Å². The molecule has 0 unspecified atom stereocenters. The molecule has 0 aliphatic carbocycles. The Morgan fingerprint density at radius 3 is 2.79 bits per heavy atom. The first-order valence-electron chi connectivity index (χ1n) is 8.03. The van der Waals surface area contributed by atoms with Crippen molar-refractivity contribution in [3.8, 4) is 5.75 Å². The molecule has 1 N–H and O–H groups in total. The Morgan fingerprint density at radius 1 is 1.33 bits per heavy atom. The van der Waals surface area contributed by atoms with Crippen LogP contribution in [0.4, 0.5) is 5.69 Å². The number of rotatable bonds is 7. The Bertz CT molecular complexity index is 768. The SMILES string of the molecule is CCCCc1cc(=O)n(CC(=O)Nc2cc(C)ccc2OC)cn1. The molecule has 0 atom stereocenters. The van der Waals surface area contributed by atoms with Gasteiger partial charge in [0.2, 0.25) is 5.91 Å². The molecule has 1 amide bonds. The van der Waals surface area contributed by atoms with E-state index in [0.717, 1.165) is 30.5 Å². The fourth-order valence-electron chi connectivity index (χ4n) is 2.34. The Hall–Kier alpha value is -2.63. The summed E-state index contributed by atoms with van der Waals surface area (Å²) >= 11 is 0. The molecule has 2 rings (SSSR count). The molecular weight excluding hydrogens is 306 g/mol. The normalized spacial score (nSPS) is 10.5. The van der Waals surface area contributed by atoms with Gasteiger partial charge in [-0.2, -0.15) is 0 Å². The third-order valence-corrected chi connectivity index (χ3v) is 3.67. The molecule has 0 radical (unpaired) electrons. The van der Waals surface area contributed by atoms with Crippen LogP contribution in [-0.2, 0) is 17.8 Å². The lowest BCUT2D eigenvalue weighted by molar-refractivity contribution is -0.116. The number of hydrogen-bond donors (Lipinski definition) is 1. The molecule has 1 heterocycles. The summed E-state index contributed by atoms with van der Waals surface area (Å²) in [4.78, 5) is 28.5. The number of anilines is 1. The Kier molecular flexibility index (Phi) is 6.12. The van der Waals surface area contributed by atoms with E-state index in [9.17, 15) is 9.59 Å². The highest BCUT2D eigenvalue weighted by Gasteiger charge is 2.10. The fraction of sp³-hybridized carbons (Fsp3) is 0.389. The quantitative estimate of drug-likeness (QED) is 0.847. The van der Waals surface area contributed by atoms with Crippen LogP contribution in [0.25, 0.3) is 0 Å². The van der Waals surface area contributed by atoms with Crippen molar-refractivity contribution in [3.05, 3.63) is 52.2 Å². The Morgan fingerprint density at radius 2 is 2.12 bits per heavy atom. The van der Waals surface area contributed by atoms with Crippen molar-refractivity contribution in [1.82, 2.24) is 9.55 Å². The van der Waals surface area contributed by atoms with Gasteiger partial charge in [0.15, 0.2) is 0 Å². The van der Waals surface area contributed by atoms with Crippen LogP contribution in [0.1, 0.15) is 31.0 Å². The van der Waals surface area contributed by atoms with Crippen LogP contribution in [-0.4, -0.2) is 22.6 Å².